The smallest absolute Gasteiger partial charge is 0.277 e. The zero-order chi connectivity index (χ0) is 23.9. The minimum absolute atomic E-state index is 0.00810. The Morgan fingerprint density at radius 3 is 2.65 bits per heavy atom. The number of carbonyl (C=O) groups is 1. The van der Waals surface area contributed by atoms with Gasteiger partial charge in [0.2, 0.25) is 0 Å². The molecule has 7 nitrogen and oxygen atoms in total. The molecule has 0 radical (unpaired) electrons. The summed E-state index contributed by atoms with van der Waals surface area (Å²) in [4.78, 5) is 12.1. The molecule has 7 heteroatoms. The van der Waals surface area contributed by atoms with Gasteiger partial charge < -0.3 is 9.84 Å². The molecule has 2 N–H and O–H groups in total. The van der Waals surface area contributed by atoms with Gasteiger partial charge in [0.1, 0.15) is 11.5 Å². The summed E-state index contributed by atoms with van der Waals surface area (Å²) < 4.78 is 5.57. The first-order valence-corrected chi connectivity index (χ1v) is 10.7. The molecule has 0 saturated carbocycles. The molecular formula is C27H24N4O3. The highest BCUT2D eigenvalue weighted by molar-refractivity contribution is 5.92. The fourth-order valence-corrected chi connectivity index (χ4v) is 3.34. The molecule has 0 bridgehead atoms. The molecule has 0 aliphatic heterocycles. The number of ether oxygens (including phenoxy) is 1. The SMILES string of the molecule is Cc1cccc(OCC(=O)N/N=C/c2cc(N=Nc3cccc4ccccc34)ccc2O)c1C. The van der Waals surface area contributed by atoms with Gasteiger partial charge in [-0.05, 0) is 60.7 Å². The number of fused-ring (bicyclic) bond motifs is 1. The lowest BCUT2D eigenvalue weighted by Gasteiger charge is -2.09. The van der Waals surface area contributed by atoms with Crippen LogP contribution < -0.4 is 10.2 Å². The lowest BCUT2D eigenvalue weighted by molar-refractivity contribution is -0.123. The number of benzene rings is 4. The molecule has 0 fully saturated rings. The third-order valence-corrected chi connectivity index (χ3v) is 5.36. The molecule has 1 amide bonds. The standard InChI is InChI=1S/C27H24N4O3/c1-18-7-5-12-26(19(18)2)34-17-27(33)31-28-16-21-15-22(13-14-25(21)32)29-30-24-11-6-9-20-8-3-4-10-23(20)24/h3-16,32H,17H2,1-2H3,(H,31,33)/b28-16+,30-29?. The van der Waals surface area contributed by atoms with Crippen molar-refractivity contribution in [3.8, 4) is 11.5 Å². The van der Waals surface area contributed by atoms with Crippen LogP contribution in [-0.2, 0) is 4.79 Å². The second-order valence-electron chi connectivity index (χ2n) is 7.72. The summed E-state index contributed by atoms with van der Waals surface area (Å²) in [6, 6.07) is 24.2. The zero-order valence-corrected chi connectivity index (χ0v) is 18.9. The van der Waals surface area contributed by atoms with Crippen LogP contribution in [0.25, 0.3) is 10.8 Å². The third kappa shape index (κ3) is 5.45. The van der Waals surface area contributed by atoms with Crippen LogP contribution in [0.1, 0.15) is 16.7 Å². The van der Waals surface area contributed by atoms with Gasteiger partial charge in [-0.1, -0.05) is 48.5 Å². The predicted molar refractivity (Wildman–Crippen MR) is 133 cm³/mol. The van der Waals surface area contributed by atoms with Crippen LogP contribution in [0.5, 0.6) is 11.5 Å². The Morgan fingerprint density at radius 1 is 0.971 bits per heavy atom. The van der Waals surface area contributed by atoms with Crippen molar-refractivity contribution in [2.24, 2.45) is 15.3 Å². The van der Waals surface area contributed by atoms with E-state index in [-0.39, 0.29) is 12.4 Å². The van der Waals surface area contributed by atoms with Crippen LogP contribution in [0.15, 0.2) is 94.2 Å². The van der Waals surface area contributed by atoms with E-state index in [9.17, 15) is 9.90 Å². The Bertz CT molecular complexity index is 1390. The Morgan fingerprint density at radius 2 is 1.76 bits per heavy atom. The van der Waals surface area contributed by atoms with E-state index in [4.69, 9.17) is 4.74 Å². The number of hydrogen-bond acceptors (Lipinski definition) is 6. The van der Waals surface area contributed by atoms with E-state index in [1.807, 2.05) is 74.5 Å². The van der Waals surface area contributed by atoms with Gasteiger partial charge in [0.15, 0.2) is 6.61 Å². The summed E-state index contributed by atoms with van der Waals surface area (Å²) in [5, 5.41) is 24.8. The lowest BCUT2D eigenvalue weighted by atomic mass is 10.1. The summed E-state index contributed by atoms with van der Waals surface area (Å²) in [6.45, 7) is 3.75. The molecule has 4 aromatic rings. The van der Waals surface area contributed by atoms with Crippen LogP contribution >= 0.6 is 0 Å². The second-order valence-corrected chi connectivity index (χ2v) is 7.72. The molecule has 0 aliphatic carbocycles. The van der Waals surface area contributed by atoms with Crippen LogP contribution in [0.4, 0.5) is 11.4 Å². The number of phenolic OH excluding ortho intramolecular Hbond substituents is 1. The summed E-state index contributed by atoms with van der Waals surface area (Å²) in [5.41, 5.74) is 6.15. The number of phenols is 1. The Labute approximate surface area is 197 Å². The van der Waals surface area contributed by atoms with Gasteiger partial charge in [-0.2, -0.15) is 10.2 Å². The van der Waals surface area contributed by atoms with Crippen molar-refractivity contribution < 1.29 is 14.6 Å². The quantitative estimate of drug-likeness (QED) is 0.201. The minimum atomic E-state index is -0.413. The minimum Gasteiger partial charge on any atom is -0.507 e. The van der Waals surface area contributed by atoms with E-state index in [0.29, 0.717) is 17.0 Å². The number of azo groups is 1. The molecule has 4 rings (SSSR count). The second kappa shape index (κ2) is 10.4. The largest absolute Gasteiger partial charge is 0.507 e. The summed E-state index contributed by atoms with van der Waals surface area (Å²) in [5.74, 6) is 0.248. The molecule has 170 valence electrons. The highest BCUT2D eigenvalue weighted by atomic mass is 16.5. The zero-order valence-electron chi connectivity index (χ0n) is 18.9. The van der Waals surface area contributed by atoms with E-state index in [1.165, 1.54) is 12.3 Å². The number of nitrogens with zero attached hydrogens (tertiary/aromatic N) is 3. The number of aromatic hydroxyl groups is 1. The molecule has 4 aromatic carbocycles. The fraction of sp³-hybridized carbons (Fsp3) is 0.111. The van der Waals surface area contributed by atoms with E-state index in [1.54, 1.807) is 12.1 Å². The summed E-state index contributed by atoms with van der Waals surface area (Å²) in [6.07, 6.45) is 1.35. The fourth-order valence-electron chi connectivity index (χ4n) is 3.34. The third-order valence-electron chi connectivity index (χ3n) is 5.36. The molecule has 0 unspecified atom stereocenters. The van der Waals surface area contributed by atoms with Crippen LogP contribution in [0.3, 0.4) is 0 Å². The van der Waals surface area contributed by atoms with Crippen LogP contribution in [0, 0.1) is 13.8 Å². The van der Waals surface area contributed by atoms with Crippen molar-refractivity contribution in [2.45, 2.75) is 13.8 Å². The lowest BCUT2D eigenvalue weighted by Crippen LogP contribution is -2.24. The number of amides is 1. The van der Waals surface area contributed by atoms with Crippen molar-refractivity contribution in [3.05, 3.63) is 95.6 Å². The van der Waals surface area contributed by atoms with Gasteiger partial charge >= 0.3 is 0 Å². The molecule has 34 heavy (non-hydrogen) atoms. The van der Waals surface area contributed by atoms with Crippen LogP contribution in [-0.4, -0.2) is 23.8 Å². The molecule has 0 heterocycles. The highest BCUT2D eigenvalue weighted by Gasteiger charge is 2.06. The Balaban J connectivity index is 1.40. The average molecular weight is 453 g/mol. The van der Waals surface area contributed by atoms with Gasteiger partial charge in [-0.15, -0.1) is 5.11 Å². The van der Waals surface area contributed by atoms with E-state index in [0.717, 1.165) is 27.6 Å². The first-order chi connectivity index (χ1) is 16.5. The molecule has 0 aliphatic rings. The number of carbonyl (C=O) groups excluding carboxylic acids is 1. The van der Waals surface area contributed by atoms with Crippen molar-refractivity contribution in [1.82, 2.24) is 5.43 Å². The van der Waals surface area contributed by atoms with E-state index >= 15 is 0 Å². The number of hydrogen-bond donors (Lipinski definition) is 2. The number of rotatable bonds is 7. The van der Waals surface area contributed by atoms with Gasteiger partial charge in [0.25, 0.3) is 5.91 Å². The highest BCUT2D eigenvalue weighted by Crippen LogP contribution is 2.28. The number of nitrogens with one attached hydrogen (secondary N) is 1. The number of hydrazone groups is 1. The van der Waals surface area contributed by atoms with Gasteiger partial charge in [0, 0.05) is 10.9 Å². The Hall–Kier alpha value is -4.52. The first-order valence-electron chi connectivity index (χ1n) is 10.7. The normalized spacial score (nSPS) is 11.4. The maximum atomic E-state index is 12.1. The topological polar surface area (TPSA) is 95.6 Å². The van der Waals surface area contributed by atoms with E-state index in [2.05, 4.69) is 20.8 Å². The van der Waals surface area contributed by atoms with Crippen molar-refractivity contribution in [1.29, 1.82) is 0 Å². The summed E-state index contributed by atoms with van der Waals surface area (Å²) in [7, 11) is 0. The molecule has 0 saturated heterocycles. The predicted octanol–water partition coefficient (Wildman–Crippen LogP) is 6.11. The van der Waals surface area contributed by atoms with Crippen molar-refractivity contribution in [2.75, 3.05) is 6.61 Å². The molecule has 0 aromatic heterocycles. The summed E-state index contributed by atoms with van der Waals surface area (Å²) >= 11 is 0. The van der Waals surface area contributed by atoms with Gasteiger partial charge in [-0.3, -0.25) is 4.79 Å². The Kier molecular flexibility index (Phi) is 6.93. The van der Waals surface area contributed by atoms with Gasteiger partial charge in [0.05, 0.1) is 17.6 Å². The maximum Gasteiger partial charge on any atom is 0.277 e. The first kappa shape index (κ1) is 22.7. The molecule has 0 atom stereocenters. The van der Waals surface area contributed by atoms with Crippen LogP contribution in [0.2, 0.25) is 0 Å². The van der Waals surface area contributed by atoms with Crippen molar-refractivity contribution in [3.63, 3.8) is 0 Å². The molecule has 0 spiro atoms. The maximum absolute atomic E-state index is 12.1. The van der Waals surface area contributed by atoms with E-state index < -0.39 is 5.91 Å². The molecular weight excluding hydrogens is 428 g/mol. The van der Waals surface area contributed by atoms with Gasteiger partial charge in [-0.25, -0.2) is 5.43 Å². The number of aryl methyl sites for hydroxylation is 1. The average Bonchev–Trinajstić information content (AvgIpc) is 2.85. The monoisotopic (exact) mass is 452 g/mol. The van der Waals surface area contributed by atoms with Crippen molar-refractivity contribution >= 4 is 34.3 Å².